The summed E-state index contributed by atoms with van der Waals surface area (Å²) in [5, 5.41) is 4.03. The molecule has 16 heavy (non-hydrogen) atoms. The van der Waals surface area contributed by atoms with Crippen LogP contribution >= 0.6 is 0 Å². The maximum atomic E-state index is 11.9. The number of hydrogen-bond donors (Lipinski definition) is 0. The molecule has 1 heterocycles. The molecule has 0 aliphatic rings. The van der Waals surface area contributed by atoms with Gasteiger partial charge in [-0.05, 0) is 13.3 Å². The Morgan fingerprint density at radius 2 is 2.31 bits per heavy atom. The second kappa shape index (κ2) is 6.37. The molecule has 0 aliphatic heterocycles. The van der Waals surface area contributed by atoms with Gasteiger partial charge in [0.05, 0.1) is 6.42 Å². The quantitative estimate of drug-likeness (QED) is 0.700. The van der Waals surface area contributed by atoms with Gasteiger partial charge >= 0.3 is 0 Å². The molecule has 0 spiro atoms. The first-order chi connectivity index (χ1) is 7.72. The maximum absolute atomic E-state index is 11.9. The summed E-state index contributed by atoms with van der Waals surface area (Å²) in [6.07, 6.45) is 3.16. The van der Waals surface area contributed by atoms with E-state index < -0.39 is 0 Å². The van der Waals surface area contributed by atoms with Crippen LogP contribution in [-0.4, -0.2) is 33.8 Å². The van der Waals surface area contributed by atoms with Crippen molar-refractivity contribution in [3.63, 3.8) is 0 Å². The van der Waals surface area contributed by atoms with Crippen LogP contribution in [0, 0.1) is 0 Å². The van der Waals surface area contributed by atoms with Crippen LogP contribution < -0.4 is 0 Å². The fraction of sp³-hybridized carbons (Fsp3) is 0.727. The van der Waals surface area contributed by atoms with E-state index in [0.717, 1.165) is 19.4 Å². The molecule has 0 radical (unpaired) electrons. The number of aryl methyl sites for hydroxylation is 1. The van der Waals surface area contributed by atoms with E-state index in [1.807, 2.05) is 13.8 Å². The lowest BCUT2D eigenvalue weighted by Gasteiger charge is -2.12. The Bertz CT molecular complexity index is 336. The van der Waals surface area contributed by atoms with Crippen LogP contribution in [0.25, 0.3) is 0 Å². The van der Waals surface area contributed by atoms with Crippen molar-refractivity contribution in [1.82, 2.24) is 14.8 Å². The molecule has 0 aromatic carbocycles. The van der Waals surface area contributed by atoms with Crippen LogP contribution in [0.1, 0.15) is 32.5 Å². The summed E-state index contributed by atoms with van der Waals surface area (Å²) in [7, 11) is 1.57. The summed E-state index contributed by atoms with van der Waals surface area (Å²) in [6.45, 7) is 4.74. The summed E-state index contributed by atoms with van der Waals surface area (Å²) in [4.78, 5) is 16.0. The van der Waals surface area contributed by atoms with Gasteiger partial charge in [0.15, 0.2) is 5.78 Å². The van der Waals surface area contributed by atoms with Gasteiger partial charge in [-0.2, -0.15) is 5.10 Å². The van der Waals surface area contributed by atoms with Gasteiger partial charge in [0, 0.05) is 13.7 Å². The smallest absolute Gasteiger partial charge is 0.169 e. The first-order valence-electron chi connectivity index (χ1n) is 5.65. The zero-order valence-electron chi connectivity index (χ0n) is 10.1. The fourth-order valence-electron chi connectivity index (χ4n) is 1.63. The zero-order valence-corrected chi connectivity index (χ0v) is 10.1. The second-order valence-corrected chi connectivity index (χ2v) is 3.65. The molecule has 0 bridgehead atoms. The van der Waals surface area contributed by atoms with Crippen molar-refractivity contribution in [1.29, 1.82) is 0 Å². The van der Waals surface area contributed by atoms with E-state index in [4.69, 9.17) is 4.74 Å². The molecule has 5 nitrogen and oxygen atoms in total. The Hall–Kier alpha value is -1.23. The average Bonchev–Trinajstić information content (AvgIpc) is 2.72. The topological polar surface area (TPSA) is 57.0 Å². The minimum absolute atomic E-state index is 0.0760. The van der Waals surface area contributed by atoms with Crippen molar-refractivity contribution in [3.05, 3.63) is 12.2 Å². The van der Waals surface area contributed by atoms with E-state index in [2.05, 4.69) is 10.1 Å². The molecular weight excluding hydrogens is 206 g/mol. The van der Waals surface area contributed by atoms with Gasteiger partial charge in [0.25, 0.3) is 0 Å². The highest BCUT2D eigenvalue weighted by atomic mass is 16.5. The molecule has 0 fully saturated rings. The molecule has 1 rings (SSSR count). The van der Waals surface area contributed by atoms with E-state index in [-0.39, 0.29) is 11.9 Å². The van der Waals surface area contributed by atoms with E-state index in [1.54, 1.807) is 11.8 Å². The third kappa shape index (κ3) is 3.13. The molecule has 0 amide bonds. The normalized spacial score (nSPS) is 12.7. The third-order valence-electron chi connectivity index (χ3n) is 2.52. The predicted octanol–water partition coefficient (Wildman–Crippen LogP) is 1.22. The molecule has 0 saturated heterocycles. The molecule has 90 valence electrons. The average molecular weight is 225 g/mol. The number of carbonyl (C=O) groups excluding carboxylic acids is 1. The molecule has 1 atom stereocenters. The number of Topliss-reactive ketones (excluding diaryl/α,β-unsaturated/α-hetero) is 1. The summed E-state index contributed by atoms with van der Waals surface area (Å²) in [5.74, 6) is 0.790. The second-order valence-electron chi connectivity index (χ2n) is 3.65. The molecule has 1 aromatic rings. The molecule has 1 unspecified atom stereocenters. The minimum Gasteiger partial charge on any atom is -0.374 e. The zero-order chi connectivity index (χ0) is 12.0. The van der Waals surface area contributed by atoms with Crippen molar-refractivity contribution in [2.75, 3.05) is 7.11 Å². The van der Waals surface area contributed by atoms with Crippen LogP contribution in [0.2, 0.25) is 0 Å². The number of ether oxygens (including phenoxy) is 1. The van der Waals surface area contributed by atoms with E-state index in [1.165, 1.54) is 6.33 Å². The summed E-state index contributed by atoms with van der Waals surface area (Å²) >= 11 is 0. The van der Waals surface area contributed by atoms with Gasteiger partial charge in [-0.3, -0.25) is 4.79 Å². The highest BCUT2D eigenvalue weighted by molar-refractivity contribution is 5.84. The van der Waals surface area contributed by atoms with E-state index in [0.29, 0.717) is 12.2 Å². The Balaban J connectivity index is 2.62. The van der Waals surface area contributed by atoms with E-state index in [9.17, 15) is 4.79 Å². The van der Waals surface area contributed by atoms with Gasteiger partial charge in [-0.1, -0.05) is 13.3 Å². The number of ketones is 1. The van der Waals surface area contributed by atoms with Gasteiger partial charge in [0.1, 0.15) is 18.3 Å². The molecule has 1 aromatic heterocycles. The summed E-state index contributed by atoms with van der Waals surface area (Å²) < 4.78 is 6.90. The van der Waals surface area contributed by atoms with Gasteiger partial charge in [0.2, 0.25) is 0 Å². The lowest BCUT2D eigenvalue weighted by Crippen LogP contribution is -2.26. The molecule has 5 heteroatoms. The number of hydrogen-bond acceptors (Lipinski definition) is 4. The van der Waals surface area contributed by atoms with Gasteiger partial charge in [-0.15, -0.1) is 0 Å². The van der Waals surface area contributed by atoms with Crippen molar-refractivity contribution < 1.29 is 9.53 Å². The summed E-state index contributed by atoms with van der Waals surface area (Å²) in [6, 6.07) is 0. The van der Waals surface area contributed by atoms with Crippen molar-refractivity contribution >= 4 is 5.78 Å². The van der Waals surface area contributed by atoms with E-state index >= 15 is 0 Å². The largest absolute Gasteiger partial charge is 0.374 e. The monoisotopic (exact) mass is 225 g/mol. The minimum atomic E-state index is -0.313. The number of aromatic nitrogens is 3. The predicted molar refractivity (Wildman–Crippen MR) is 60.1 cm³/mol. The first-order valence-corrected chi connectivity index (χ1v) is 5.65. The molecule has 0 saturated carbocycles. The molecule has 0 N–H and O–H groups in total. The van der Waals surface area contributed by atoms with Crippen LogP contribution in [0.15, 0.2) is 6.33 Å². The standard InChI is InChI=1S/C11H19N3O2/c1-4-6-10(16-3)9(15)7-11-12-8-13-14(11)5-2/h8,10H,4-7H2,1-3H3. The maximum Gasteiger partial charge on any atom is 0.169 e. The third-order valence-corrected chi connectivity index (χ3v) is 2.52. The number of carbonyl (C=O) groups is 1. The highest BCUT2D eigenvalue weighted by Gasteiger charge is 2.19. The van der Waals surface area contributed by atoms with Crippen LogP contribution in [0.5, 0.6) is 0 Å². The number of methoxy groups -OCH3 is 1. The van der Waals surface area contributed by atoms with Crippen LogP contribution in [-0.2, 0) is 22.5 Å². The molecular formula is C11H19N3O2. The fourth-order valence-corrected chi connectivity index (χ4v) is 1.63. The van der Waals surface area contributed by atoms with Crippen LogP contribution in [0.4, 0.5) is 0 Å². The Kier molecular flexibility index (Phi) is 5.11. The molecule has 0 aliphatic carbocycles. The Morgan fingerprint density at radius 3 is 2.88 bits per heavy atom. The lowest BCUT2D eigenvalue weighted by molar-refractivity contribution is -0.128. The lowest BCUT2D eigenvalue weighted by atomic mass is 10.1. The number of rotatable bonds is 7. The first kappa shape index (κ1) is 12.8. The van der Waals surface area contributed by atoms with Crippen LogP contribution in [0.3, 0.4) is 0 Å². The number of nitrogens with zero attached hydrogens (tertiary/aromatic N) is 3. The van der Waals surface area contributed by atoms with Crippen molar-refractivity contribution in [2.24, 2.45) is 0 Å². The highest BCUT2D eigenvalue weighted by Crippen LogP contribution is 2.06. The SMILES string of the molecule is CCCC(OC)C(=O)Cc1ncnn1CC. The van der Waals surface area contributed by atoms with Crippen molar-refractivity contribution in [3.8, 4) is 0 Å². The Morgan fingerprint density at radius 1 is 1.56 bits per heavy atom. The van der Waals surface area contributed by atoms with Crippen molar-refractivity contribution in [2.45, 2.75) is 45.8 Å². The Labute approximate surface area is 95.8 Å². The van der Waals surface area contributed by atoms with Gasteiger partial charge < -0.3 is 4.74 Å². The summed E-state index contributed by atoms with van der Waals surface area (Å²) in [5.41, 5.74) is 0. The van der Waals surface area contributed by atoms with Gasteiger partial charge in [-0.25, -0.2) is 9.67 Å².